The molecule has 0 spiro atoms. The SMILES string of the molecule is C[Si]1(C)c2ccccc2Oc2cc3c(cc21)c1cccnc1n3-c1cccc(C(F)c2ccc3c4ccccc4n4ccnc4c3c2)c1. The Morgan fingerprint density at radius 2 is 1.42 bits per heavy atom. The first-order chi connectivity index (χ1) is 23.5. The Hall–Kier alpha value is -5.79. The Labute approximate surface area is 276 Å². The van der Waals surface area contributed by atoms with Gasteiger partial charge >= 0.3 is 0 Å². The number of para-hydroxylation sites is 2. The molecule has 0 bridgehead atoms. The van der Waals surface area contributed by atoms with Crippen molar-refractivity contribution >= 4 is 67.7 Å². The van der Waals surface area contributed by atoms with E-state index in [0.717, 1.165) is 66.4 Å². The van der Waals surface area contributed by atoms with E-state index in [1.165, 1.54) is 10.4 Å². The minimum absolute atomic E-state index is 0.578. The van der Waals surface area contributed by atoms with Gasteiger partial charge in [-0.1, -0.05) is 73.8 Å². The van der Waals surface area contributed by atoms with Crippen LogP contribution in [-0.4, -0.2) is 27.0 Å². The molecule has 4 aromatic heterocycles. The van der Waals surface area contributed by atoms with Gasteiger partial charge in [-0.05, 0) is 75.4 Å². The number of alkyl halides is 1. The summed E-state index contributed by atoms with van der Waals surface area (Å²) in [4.78, 5) is 9.49. The molecule has 9 aromatic rings. The van der Waals surface area contributed by atoms with Gasteiger partial charge in [0.15, 0.2) is 6.17 Å². The molecule has 0 fully saturated rings. The Morgan fingerprint density at radius 3 is 2.35 bits per heavy atom. The third-order valence-electron chi connectivity index (χ3n) is 10.2. The van der Waals surface area contributed by atoms with Crippen LogP contribution in [0, 0.1) is 0 Å². The lowest BCUT2D eigenvalue weighted by atomic mass is 9.98. The summed E-state index contributed by atoms with van der Waals surface area (Å²) in [5.74, 6) is 1.82. The van der Waals surface area contributed by atoms with E-state index in [1.54, 1.807) is 6.20 Å². The summed E-state index contributed by atoms with van der Waals surface area (Å²) in [6, 6.07) is 38.9. The molecular weight excluding hydrogens is 612 g/mol. The van der Waals surface area contributed by atoms with Gasteiger partial charge in [-0.25, -0.2) is 14.4 Å². The number of ether oxygens (including phenoxy) is 1. The van der Waals surface area contributed by atoms with Gasteiger partial charge in [0.2, 0.25) is 0 Å². The highest BCUT2D eigenvalue weighted by atomic mass is 28.3. The van der Waals surface area contributed by atoms with Crippen molar-refractivity contribution in [2.24, 2.45) is 0 Å². The molecule has 0 amide bonds. The van der Waals surface area contributed by atoms with Gasteiger partial charge in [-0.2, -0.15) is 0 Å². The first kappa shape index (κ1) is 27.3. The largest absolute Gasteiger partial charge is 0.458 e. The summed E-state index contributed by atoms with van der Waals surface area (Å²) in [5.41, 5.74) is 5.74. The molecule has 5 heterocycles. The fourth-order valence-electron chi connectivity index (χ4n) is 7.80. The number of fused-ring (bicyclic) bond motifs is 11. The molecule has 1 aliphatic heterocycles. The van der Waals surface area contributed by atoms with Crippen LogP contribution in [-0.2, 0) is 0 Å². The Bertz CT molecular complexity index is 2780. The molecule has 5 nitrogen and oxygen atoms in total. The predicted molar refractivity (Wildman–Crippen MR) is 195 cm³/mol. The van der Waals surface area contributed by atoms with E-state index in [1.807, 2.05) is 79.1 Å². The van der Waals surface area contributed by atoms with Crippen molar-refractivity contribution in [3.8, 4) is 17.2 Å². The molecule has 1 aliphatic rings. The van der Waals surface area contributed by atoms with Crippen molar-refractivity contribution < 1.29 is 9.13 Å². The molecule has 1 atom stereocenters. The van der Waals surface area contributed by atoms with Crippen LogP contribution in [0.15, 0.2) is 134 Å². The van der Waals surface area contributed by atoms with Crippen molar-refractivity contribution in [3.05, 3.63) is 145 Å². The van der Waals surface area contributed by atoms with Crippen LogP contribution in [0.5, 0.6) is 11.5 Å². The number of hydrogen-bond acceptors (Lipinski definition) is 3. The van der Waals surface area contributed by atoms with Crippen LogP contribution in [0.3, 0.4) is 0 Å². The molecule has 0 N–H and O–H groups in total. The van der Waals surface area contributed by atoms with E-state index in [9.17, 15) is 0 Å². The van der Waals surface area contributed by atoms with E-state index in [2.05, 4.69) is 75.6 Å². The molecule has 5 aromatic carbocycles. The number of benzene rings is 5. The number of pyridine rings is 2. The lowest BCUT2D eigenvalue weighted by Gasteiger charge is -2.33. The standard InChI is InChI=1S/C41H29FN4OSi/c1-48(2)37-15-6-5-14-35(37)47-36-24-34-31(23-38(36)48)30-12-8-18-43-41(30)46(34)27-10-7-9-25(21-27)39(42)26-16-17-28-29-11-3-4-13-33(29)45-20-19-44-40(45)32(28)22-26/h3-24,39H,1-2H3. The van der Waals surface area contributed by atoms with Gasteiger partial charge in [0, 0.05) is 51.9 Å². The van der Waals surface area contributed by atoms with Gasteiger partial charge in [0.05, 0.1) is 11.0 Å². The molecule has 0 saturated carbocycles. The molecule has 0 saturated heterocycles. The third kappa shape index (κ3) is 3.76. The topological polar surface area (TPSA) is 44.4 Å². The smallest absolute Gasteiger partial charge is 0.150 e. The van der Waals surface area contributed by atoms with Gasteiger partial charge in [0.25, 0.3) is 0 Å². The minimum atomic E-state index is -2.03. The molecule has 7 heteroatoms. The monoisotopic (exact) mass is 640 g/mol. The highest BCUT2D eigenvalue weighted by Gasteiger charge is 2.37. The van der Waals surface area contributed by atoms with Crippen LogP contribution >= 0.6 is 0 Å². The van der Waals surface area contributed by atoms with E-state index < -0.39 is 14.2 Å². The summed E-state index contributed by atoms with van der Waals surface area (Å²) in [7, 11) is -2.03. The third-order valence-corrected chi connectivity index (χ3v) is 13.7. The highest BCUT2D eigenvalue weighted by Crippen LogP contribution is 2.39. The van der Waals surface area contributed by atoms with Crippen molar-refractivity contribution in [2.45, 2.75) is 19.3 Å². The maximum Gasteiger partial charge on any atom is 0.150 e. The Morgan fingerprint density at radius 1 is 0.604 bits per heavy atom. The Kier molecular flexibility index (Phi) is 5.61. The lowest BCUT2D eigenvalue weighted by Crippen LogP contribution is -2.55. The molecule has 0 aliphatic carbocycles. The number of rotatable bonds is 3. The molecule has 10 rings (SSSR count). The second-order valence-electron chi connectivity index (χ2n) is 13.2. The summed E-state index contributed by atoms with van der Waals surface area (Å²) in [6.45, 7) is 4.77. The predicted octanol–water partition coefficient (Wildman–Crippen LogP) is 9.12. The fourth-order valence-corrected chi connectivity index (χ4v) is 10.6. The minimum Gasteiger partial charge on any atom is -0.458 e. The summed E-state index contributed by atoms with van der Waals surface area (Å²) >= 11 is 0. The maximum absolute atomic E-state index is 16.7. The van der Waals surface area contributed by atoms with Crippen molar-refractivity contribution in [1.82, 2.24) is 18.9 Å². The molecule has 1 unspecified atom stereocenters. The number of imidazole rings is 1. The van der Waals surface area contributed by atoms with Crippen LogP contribution in [0.25, 0.3) is 54.9 Å². The average Bonchev–Trinajstić information content (AvgIpc) is 3.74. The second-order valence-corrected chi connectivity index (χ2v) is 17.5. The van der Waals surface area contributed by atoms with Crippen molar-refractivity contribution in [2.75, 3.05) is 0 Å². The van der Waals surface area contributed by atoms with Crippen LogP contribution < -0.4 is 15.1 Å². The van der Waals surface area contributed by atoms with Gasteiger partial charge in [-0.3, -0.25) is 8.97 Å². The van der Waals surface area contributed by atoms with E-state index >= 15 is 4.39 Å². The molecule has 0 radical (unpaired) electrons. The second kappa shape index (κ2) is 9.86. The zero-order valence-electron chi connectivity index (χ0n) is 26.4. The van der Waals surface area contributed by atoms with Crippen LogP contribution in [0.2, 0.25) is 13.1 Å². The number of nitrogens with zero attached hydrogens (tertiary/aromatic N) is 4. The number of aromatic nitrogens is 4. The summed E-state index contributed by atoms with van der Waals surface area (Å²) < 4.78 is 27.4. The Balaban J connectivity index is 1.13. The lowest BCUT2D eigenvalue weighted by molar-refractivity contribution is 0.402. The van der Waals surface area contributed by atoms with E-state index in [-0.39, 0.29) is 0 Å². The molecular formula is C41H29FN4OSi. The fraction of sp³-hybridized carbons (Fsp3) is 0.0732. The normalized spacial score (nSPS) is 14.4. The van der Waals surface area contributed by atoms with E-state index in [4.69, 9.17) is 9.72 Å². The van der Waals surface area contributed by atoms with E-state index in [0.29, 0.717) is 11.1 Å². The number of hydrogen-bond donors (Lipinski definition) is 0. The summed E-state index contributed by atoms with van der Waals surface area (Å²) in [5, 5.41) is 7.85. The van der Waals surface area contributed by atoms with Crippen molar-refractivity contribution in [3.63, 3.8) is 0 Å². The van der Waals surface area contributed by atoms with Crippen LogP contribution in [0.1, 0.15) is 17.3 Å². The zero-order valence-corrected chi connectivity index (χ0v) is 27.4. The first-order valence-electron chi connectivity index (χ1n) is 16.2. The quantitative estimate of drug-likeness (QED) is 0.143. The molecule has 230 valence electrons. The van der Waals surface area contributed by atoms with Gasteiger partial charge in [-0.15, -0.1) is 0 Å². The highest BCUT2D eigenvalue weighted by molar-refractivity contribution is 7.01. The van der Waals surface area contributed by atoms with Crippen LogP contribution in [0.4, 0.5) is 4.39 Å². The number of halogens is 1. The molecule has 48 heavy (non-hydrogen) atoms. The zero-order chi connectivity index (χ0) is 32.1. The average molecular weight is 641 g/mol. The van der Waals surface area contributed by atoms with Gasteiger partial charge in [0.1, 0.15) is 30.9 Å². The summed E-state index contributed by atoms with van der Waals surface area (Å²) in [6.07, 6.45) is 4.24. The first-order valence-corrected chi connectivity index (χ1v) is 19.2. The van der Waals surface area contributed by atoms with Gasteiger partial charge < -0.3 is 4.74 Å². The van der Waals surface area contributed by atoms with Crippen molar-refractivity contribution in [1.29, 1.82) is 0 Å². The maximum atomic E-state index is 16.7.